The summed E-state index contributed by atoms with van der Waals surface area (Å²) in [7, 11) is -1.25. The number of benzene rings is 2. The van der Waals surface area contributed by atoms with Crippen LogP contribution in [-0.4, -0.2) is 143 Å². The number of aryl methyl sites for hydroxylation is 2. The second kappa shape index (κ2) is 15.0. The van der Waals surface area contributed by atoms with E-state index in [2.05, 4.69) is 15.2 Å². The van der Waals surface area contributed by atoms with Crippen molar-refractivity contribution in [3.8, 4) is 0 Å². The minimum atomic E-state index is -3.20. The number of ether oxygens (including phenoxy) is 1. The molecule has 5 heterocycles. The highest BCUT2D eigenvalue weighted by Gasteiger charge is 2.37. The van der Waals surface area contributed by atoms with Crippen LogP contribution in [0.3, 0.4) is 0 Å². The van der Waals surface area contributed by atoms with E-state index in [0.29, 0.717) is 71.7 Å². The molecule has 0 spiro atoms. The lowest BCUT2D eigenvalue weighted by atomic mass is 9.99. The predicted molar refractivity (Wildman–Crippen MR) is 197 cm³/mol. The minimum absolute atomic E-state index is 0.000450. The fourth-order valence-corrected chi connectivity index (χ4v) is 9.29. The van der Waals surface area contributed by atoms with Gasteiger partial charge in [0.1, 0.15) is 0 Å². The molecule has 7 rings (SSSR count). The van der Waals surface area contributed by atoms with Gasteiger partial charge < -0.3 is 29.3 Å². The van der Waals surface area contributed by atoms with Crippen molar-refractivity contribution < 1.29 is 27.5 Å². The Morgan fingerprint density at radius 1 is 0.923 bits per heavy atom. The first-order chi connectivity index (χ1) is 24.9. The number of carbonyl (C=O) groups excluding carboxylic acids is 3. The van der Waals surface area contributed by atoms with Crippen LogP contribution in [0.2, 0.25) is 0 Å². The number of sulfonamides is 1. The molecule has 14 nitrogen and oxygen atoms in total. The maximum atomic E-state index is 14.2. The third kappa shape index (κ3) is 7.76. The van der Waals surface area contributed by atoms with Gasteiger partial charge in [-0.2, -0.15) is 4.31 Å². The maximum absolute atomic E-state index is 14.2. The summed E-state index contributed by atoms with van der Waals surface area (Å²) in [5.41, 5.74) is 5.72. The molecular weight excluding hydrogens is 685 g/mol. The zero-order valence-electron chi connectivity index (χ0n) is 30.4. The SMILES string of the molecule is Cc1cc(C[C@@H](OC(=O)N2CCC(N3CCc4ccccc4NC3=O)CC2)C(=O)N2CCC(N3CCN(S(C)(=O)=O)CC3)CC2)cc2ncn(C)c12. The van der Waals surface area contributed by atoms with Crippen molar-refractivity contribution in [2.24, 2.45) is 7.05 Å². The van der Waals surface area contributed by atoms with Crippen molar-refractivity contribution in [3.63, 3.8) is 0 Å². The summed E-state index contributed by atoms with van der Waals surface area (Å²) in [5, 5.41) is 3.05. The summed E-state index contributed by atoms with van der Waals surface area (Å²) in [6, 6.07) is 12.0. The lowest BCUT2D eigenvalue weighted by Gasteiger charge is -2.42. The van der Waals surface area contributed by atoms with E-state index in [9.17, 15) is 22.8 Å². The van der Waals surface area contributed by atoms with Gasteiger partial charge in [0.25, 0.3) is 5.91 Å². The number of anilines is 1. The van der Waals surface area contributed by atoms with Crippen LogP contribution in [-0.2, 0) is 39.4 Å². The summed E-state index contributed by atoms with van der Waals surface area (Å²) in [6.07, 6.45) is 5.29. The number of carbonyl (C=O) groups is 3. The van der Waals surface area contributed by atoms with E-state index in [0.717, 1.165) is 52.7 Å². The van der Waals surface area contributed by atoms with E-state index in [4.69, 9.17) is 4.74 Å². The van der Waals surface area contributed by atoms with Crippen LogP contribution in [0.15, 0.2) is 42.7 Å². The number of nitrogens with zero attached hydrogens (tertiary/aromatic N) is 7. The molecule has 52 heavy (non-hydrogen) atoms. The Morgan fingerprint density at radius 2 is 1.60 bits per heavy atom. The number of hydrogen-bond donors (Lipinski definition) is 1. The fourth-order valence-electron chi connectivity index (χ4n) is 8.46. The van der Waals surface area contributed by atoms with Crippen LogP contribution in [0.1, 0.15) is 42.4 Å². The van der Waals surface area contributed by atoms with E-state index in [1.54, 1.807) is 11.2 Å². The molecule has 15 heteroatoms. The standard InChI is InChI=1S/C37H50N8O6S/c1-26-22-27(23-32-34(26)40(2)25-38-32)24-33(35(46)42-13-9-29(10-14-42)41-18-20-44(21-19-41)52(3,49)50)51-37(48)43-15-11-30(12-16-43)45-17-8-28-6-4-5-7-31(28)39-36(45)47/h4-7,22-23,25,29-30,33H,8-21,24H2,1-3H3,(H,39,47)/t33-/m1/s1. The highest BCUT2D eigenvalue weighted by molar-refractivity contribution is 7.88. The van der Waals surface area contributed by atoms with Crippen molar-refractivity contribution in [3.05, 3.63) is 59.4 Å². The van der Waals surface area contributed by atoms with E-state index < -0.39 is 22.2 Å². The van der Waals surface area contributed by atoms with Gasteiger partial charge in [-0.1, -0.05) is 24.3 Å². The van der Waals surface area contributed by atoms with Crippen LogP contribution in [0.5, 0.6) is 0 Å². The zero-order chi connectivity index (χ0) is 36.6. The topological polar surface area (TPSA) is 141 Å². The van der Waals surface area contributed by atoms with E-state index in [1.165, 1.54) is 10.6 Å². The van der Waals surface area contributed by atoms with Gasteiger partial charge >= 0.3 is 12.1 Å². The summed E-state index contributed by atoms with van der Waals surface area (Å²) >= 11 is 0. The van der Waals surface area contributed by atoms with Crippen LogP contribution in [0, 0.1) is 6.92 Å². The van der Waals surface area contributed by atoms with Gasteiger partial charge in [-0.25, -0.2) is 23.0 Å². The number of likely N-dealkylation sites (tertiary alicyclic amines) is 2. The number of amides is 4. The molecule has 0 saturated carbocycles. The smallest absolute Gasteiger partial charge is 0.410 e. The summed E-state index contributed by atoms with van der Waals surface area (Å²) < 4.78 is 33.6. The van der Waals surface area contributed by atoms with Crippen LogP contribution >= 0.6 is 0 Å². The van der Waals surface area contributed by atoms with Crippen LogP contribution < -0.4 is 5.32 Å². The largest absolute Gasteiger partial charge is 0.436 e. The number of fused-ring (bicyclic) bond motifs is 2. The lowest BCUT2D eigenvalue weighted by Crippen LogP contribution is -2.55. The number of piperidine rings is 2. The van der Waals surface area contributed by atoms with Crippen molar-refractivity contribution in [2.45, 2.75) is 63.6 Å². The van der Waals surface area contributed by atoms with Crippen LogP contribution in [0.25, 0.3) is 11.0 Å². The molecule has 1 N–H and O–H groups in total. The van der Waals surface area contributed by atoms with E-state index in [1.807, 2.05) is 64.7 Å². The van der Waals surface area contributed by atoms with Gasteiger partial charge in [-0.3, -0.25) is 9.69 Å². The molecule has 2 aromatic carbocycles. The normalized spacial score (nSPS) is 20.8. The second-order valence-electron chi connectivity index (χ2n) is 14.7. The number of urea groups is 1. The monoisotopic (exact) mass is 734 g/mol. The molecule has 3 saturated heterocycles. The second-order valence-corrected chi connectivity index (χ2v) is 16.7. The number of piperazine rings is 1. The molecule has 3 fully saturated rings. The molecule has 0 radical (unpaired) electrons. The van der Waals surface area contributed by atoms with Crippen LogP contribution in [0.4, 0.5) is 15.3 Å². The Morgan fingerprint density at radius 3 is 2.31 bits per heavy atom. The molecule has 4 aliphatic rings. The molecule has 0 unspecified atom stereocenters. The summed E-state index contributed by atoms with van der Waals surface area (Å²) in [4.78, 5) is 53.3. The van der Waals surface area contributed by atoms with Crippen molar-refractivity contribution >= 4 is 44.8 Å². The first kappa shape index (κ1) is 36.2. The number of aromatic nitrogens is 2. The molecule has 4 amide bonds. The molecule has 4 aliphatic heterocycles. The van der Waals surface area contributed by atoms with Gasteiger partial charge in [0.15, 0.2) is 6.10 Å². The highest BCUT2D eigenvalue weighted by atomic mass is 32.2. The Labute approximate surface area is 305 Å². The van der Waals surface area contributed by atoms with Gasteiger partial charge in [0.2, 0.25) is 10.0 Å². The summed E-state index contributed by atoms with van der Waals surface area (Å²) in [6.45, 7) is 6.87. The zero-order valence-corrected chi connectivity index (χ0v) is 31.2. The molecule has 3 aromatic rings. The first-order valence-electron chi connectivity index (χ1n) is 18.4. The van der Waals surface area contributed by atoms with Crippen molar-refractivity contribution in [2.75, 3.05) is 70.5 Å². The predicted octanol–water partition coefficient (Wildman–Crippen LogP) is 3.05. The number of imidazole rings is 1. The Bertz CT molecular complexity index is 1910. The molecule has 1 atom stereocenters. The average molecular weight is 735 g/mol. The Hall–Kier alpha value is -4.21. The number of nitrogens with one attached hydrogen (secondary N) is 1. The van der Waals surface area contributed by atoms with Gasteiger partial charge in [-0.05, 0) is 67.9 Å². The third-order valence-electron chi connectivity index (χ3n) is 11.3. The Kier molecular flexibility index (Phi) is 10.5. The molecular formula is C37H50N8O6S. The molecule has 0 bridgehead atoms. The maximum Gasteiger partial charge on any atom is 0.410 e. The fraction of sp³-hybridized carbons (Fsp3) is 0.568. The van der Waals surface area contributed by atoms with E-state index >= 15 is 0 Å². The Balaban J connectivity index is 0.996. The van der Waals surface area contributed by atoms with Crippen molar-refractivity contribution in [1.82, 2.24) is 33.5 Å². The third-order valence-corrected chi connectivity index (χ3v) is 12.6. The van der Waals surface area contributed by atoms with Gasteiger partial charge in [0.05, 0.1) is 23.6 Å². The molecule has 1 aromatic heterocycles. The summed E-state index contributed by atoms with van der Waals surface area (Å²) in [5.74, 6) is -0.205. The average Bonchev–Trinajstić information content (AvgIpc) is 3.43. The highest BCUT2D eigenvalue weighted by Crippen LogP contribution is 2.27. The number of hydrogen-bond acceptors (Lipinski definition) is 8. The lowest BCUT2D eigenvalue weighted by molar-refractivity contribution is -0.142. The first-order valence-corrected chi connectivity index (χ1v) is 20.3. The minimum Gasteiger partial charge on any atom is -0.436 e. The molecule has 0 aliphatic carbocycles. The number of rotatable bonds is 7. The van der Waals surface area contributed by atoms with Crippen molar-refractivity contribution in [1.29, 1.82) is 0 Å². The van der Waals surface area contributed by atoms with Gasteiger partial charge in [-0.15, -0.1) is 0 Å². The van der Waals surface area contributed by atoms with Gasteiger partial charge in [0, 0.05) is 90.1 Å². The number of para-hydroxylation sites is 1. The molecule has 280 valence electrons. The quantitative estimate of drug-likeness (QED) is 0.391. The van der Waals surface area contributed by atoms with E-state index in [-0.39, 0.29) is 30.4 Å².